The third-order valence-corrected chi connectivity index (χ3v) is 2.84. The lowest BCUT2D eigenvalue weighted by molar-refractivity contribution is -0.0663. The molecule has 0 fully saturated rings. The van der Waals surface area contributed by atoms with Crippen molar-refractivity contribution in [3.05, 3.63) is 72.8 Å². The van der Waals surface area contributed by atoms with Gasteiger partial charge in [-0.3, -0.25) is 0 Å². The molecule has 2 aromatic rings. The Hall–Kier alpha value is -2.26. The van der Waals surface area contributed by atoms with Crippen LogP contribution in [0.2, 0.25) is 0 Å². The van der Waals surface area contributed by atoms with Crippen LogP contribution in [-0.2, 0) is 0 Å². The van der Waals surface area contributed by atoms with Crippen LogP contribution in [0.25, 0.3) is 0 Å². The summed E-state index contributed by atoms with van der Waals surface area (Å²) in [6.45, 7) is 2.01. The zero-order valence-corrected chi connectivity index (χ0v) is 12.1. The number of benzene rings is 2. The summed E-state index contributed by atoms with van der Waals surface area (Å²) in [6, 6.07) is 18.7. The van der Waals surface area contributed by atoms with E-state index in [1.165, 1.54) is 0 Å². The van der Waals surface area contributed by atoms with Crippen molar-refractivity contribution in [3.63, 3.8) is 0 Å². The van der Waals surface area contributed by atoms with E-state index in [4.69, 9.17) is 9.47 Å². The van der Waals surface area contributed by atoms with Crippen molar-refractivity contribution < 1.29 is 14.6 Å². The number of hydrogen-bond donors (Lipinski definition) is 1. The van der Waals surface area contributed by atoms with Crippen LogP contribution in [0.4, 0.5) is 0 Å². The molecule has 0 heterocycles. The monoisotopic (exact) mass is 284 g/mol. The van der Waals surface area contributed by atoms with E-state index in [9.17, 15) is 5.11 Å². The Morgan fingerprint density at radius 1 is 0.905 bits per heavy atom. The predicted octanol–water partition coefficient (Wildman–Crippen LogP) is 3.80. The van der Waals surface area contributed by atoms with Crippen LogP contribution in [0.3, 0.4) is 0 Å². The van der Waals surface area contributed by atoms with Gasteiger partial charge < -0.3 is 14.6 Å². The fourth-order valence-corrected chi connectivity index (χ4v) is 1.80. The van der Waals surface area contributed by atoms with E-state index in [0.29, 0.717) is 11.5 Å². The number of aliphatic hydroxyl groups excluding tert-OH is 1. The van der Waals surface area contributed by atoms with Crippen molar-refractivity contribution in [2.45, 2.75) is 25.7 Å². The van der Waals surface area contributed by atoms with Gasteiger partial charge in [0, 0.05) is 0 Å². The van der Waals surface area contributed by atoms with E-state index >= 15 is 0 Å². The van der Waals surface area contributed by atoms with Crippen LogP contribution >= 0.6 is 0 Å². The van der Waals surface area contributed by atoms with E-state index in [2.05, 4.69) is 0 Å². The maximum Gasteiger partial charge on any atom is 0.270 e. The van der Waals surface area contributed by atoms with E-state index in [1.54, 1.807) is 6.08 Å². The van der Waals surface area contributed by atoms with E-state index in [1.807, 2.05) is 73.7 Å². The maximum absolute atomic E-state index is 10.2. The molecule has 0 saturated heterocycles. The number of hydrogen-bond acceptors (Lipinski definition) is 3. The molecule has 1 atom stereocenters. The molecule has 0 saturated carbocycles. The molecule has 0 spiro atoms. The summed E-state index contributed by atoms with van der Waals surface area (Å²) in [4.78, 5) is 0. The van der Waals surface area contributed by atoms with Gasteiger partial charge in [0.2, 0.25) is 0 Å². The van der Waals surface area contributed by atoms with Gasteiger partial charge in [-0.2, -0.15) is 0 Å². The highest BCUT2D eigenvalue weighted by Crippen LogP contribution is 2.18. The second-order valence-corrected chi connectivity index (χ2v) is 4.56. The second kappa shape index (κ2) is 8.12. The highest BCUT2D eigenvalue weighted by atomic mass is 16.7. The van der Waals surface area contributed by atoms with Gasteiger partial charge in [-0.15, -0.1) is 0 Å². The lowest BCUT2D eigenvalue weighted by atomic mass is 10.2. The summed E-state index contributed by atoms with van der Waals surface area (Å²) in [5.41, 5.74) is 0. The molecule has 1 unspecified atom stereocenters. The molecule has 0 aliphatic carbocycles. The highest BCUT2D eigenvalue weighted by molar-refractivity contribution is 5.23. The molecule has 110 valence electrons. The fourth-order valence-electron chi connectivity index (χ4n) is 1.80. The average Bonchev–Trinajstić information content (AvgIpc) is 2.54. The van der Waals surface area contributed by atoms with Gasteiger partial charge in [-0.1, -0.05) is 55.5 Å². The molecule has 21 heavy (non-hydrogen) atoms. The summed E-state index contributed by atoms with van der Waals surface area (Å²) < 4.78 is 11.5. The van der Waals surface area contributed by atoms with Crippen LogP contribution in [0, 0.1) is 0 Å². The van der Waals surface area contributed by atoms with Gasteiger partial charge in [0.1, 0.15) is 17.6 Å². The Morgan fingerprint density at radius 2 is 1.38 bits per heavy atom. The van der Waals surface area contributed by atoms with Crippen LogP contribution in [0.15, 0.2) is 72.8 Å². The summed E-state index contributed by atoms with van der Waals surface area (Å²) in [6.07, 6.45) is 2.79. The van der Waals surface area contributed by atoms with Gasteiger partial charge in [0.05, 0.1) is 0 Å². The van der Waals surface area contributed by atoms with Crippen molar-refractivity contribution in [2.24, 2.45) is 0 Å². The molecule has 0 aromatic heterocycles. The minimum atomic E-state index is -0.842. The smallest absolute Gasteiger partial charge is 0.270 e. The van der Waals surface area contributed by atoms with Gasteiger partial charge in [-0.25, -0.2) is 0 Å². The minimum absolute atomic E-state index is 0.655. The average molecular weight is 284 g/mol. The summed E-state index contributed by atoms with van der Waals surface area (Å²) in [5.74, 6) is 1.31. The Morgan fingerprint density at radius 3 is 1.81 bits per heavy atom. The van der Waals surface area contributed by atoms with Crippen molar-refractivity contribution in [1.29, 1.82) is 0 Å². The molecule has 0 amide bonds. The topological polar surface area (TPSA) is 38.7 Å². The number of rotatable bonds is 7. The van der Waals surface area contributed by atoms with Gasteiger partial charge in [0.15, 0.2) is 0 Å². The number of allylic oxidation sites excluding steroid dienone is 1. The molecule has 0 bridgehead atoms. The molecule has 0 radical (unpaired) electrons. The van der Waals surface area contributed by atoms with Crippen LogP contribution < -0.4 is 9.47 Å². The summed E-state index contributed by atoms with van der Waals surface area (Å²) >= 11 is 0. The second-order valence-electron chi connectivity index (χ2n) is 4.56. The van der Waals surface area contributed by atoms with Gasteiger partial charge in [0.25, 0.3) is 6.29 Å². The predicted molar refractivity (Wildman–Crippen MR) is 83.4 cm³/mol. The third-order valence-electron chi connectivity index (χ3n) is 2.84. The SMILES string of the molecule is CCC=CC(O)C(Oc1ccccc1)Oc1ccccc1. The summed E-state index contributed by atoms with van der Waals surface area (Å²) in [7, 11) is 0. The molecule has 0 aliphatic heterocycles. The summed E-state index contributed by atoms with van der Waals surface area (Å²) in [5, 5.41) is 10.2. The molecular weight excluding hydrogens is 264 g/mol. The zero-order valence-electron chi connectivity index (χ0n) is 12.1. The number of para-hydroxylation sites is 2. The quantitative estimate of drug-likeness (QED) is 0.621. The standard InChI is InChI=1S/C18H20O3/c1-2-3-14-17(19)18(20-15-10-6-4-7-11-15)21-16-12-8-5-9-13-16/h3-14,17-19H,2H2,1H3. The molecular formula is C18H20O3. The lowest BCUT2D eigenvalue weighted by Crippen LogP contribution is -2.35. The molecule has 2 aromatic carbocycles. The first-order chi connectivity index (χ1) is 10.3. The Kier molecular flexibility index (Phi) is 5.85. The highest BCUT2D eigenvalue weighted by Gasteiger charge is 2.20. The maximum atomic E-state index is 10.2. The fraction of sp³-hybridized carbons (Fsp3) is 0.222. The molecule has 0 aliphatic rings. The van der Waals surface area contributed by atoms with E-state index in [0.717, 1.165) is 6.42 Å². The molecule has 2 rings (SSSR count). The van der Waals surface area contributed by atoms with Crippen molar-refractivity contribution in [3.8, 4) is 11.5 Å². The Bertz CT molecular complexity index is 495. The van der Waals surface area contributed by atoms with Crippen LogP contribution in [-0.4, -0.2) is 17.5 Å². The first-order valence-corrected chi connectivity index (χ1v) is 7.07. The zero-order chi connectivity index (χ0) is 14.9. The normalized spacial score (nSPS) is 12.5. The Balaban J connectivity index is 2.11. The van der Waals surface area contributed by atoms with Gasteiger partial charge >= 0.3 is 0 Å². The third kappa shape index (κ3) is 4.97. The molecule has 3 heteroatoms. The first kappa shape index (κ1) is 15.1. The largest absolute Gasteiger partial charge is 0.452 e. The van der Waals surface area contributed by atoms with Crippen molar-refractivity contribution >= 4 is 0 Å². The molecule has 1 N–H and O–H groups in total. The van der Waals surface area contributed by atoms with Crippen molar-refractivity contribution in [2.75, 3.05) is 0 Å². The first-order valence-electron chi connectivity index (χ1n) is 7.07. The number of ether oxygens (including phenoxy) is 2. The van der Waals surface area contributed by atoms with E-state index in [-0.39, 0.29) is 0 Å². The van der Waals surface area contributed by atoms with Crippen LogP contribution in [0.1, 0.15) is 13.3 Å². The minimum Gasteiger partial charge on any atom is -0.452 e. The van der Waals surface area contributed by atoms with Crippen LogP contribution in [0.5, 0.6) is 11.5 Å². The van der Waals surface area contributed by atoms with Gasteiger partial charge in [-0.05, 0) is 30.7 Å². The lowest BCUT2D eigenvalue weighted by Gasteiger charge is -2.23. The Labute approximate surface area is 125 Å². The van der Waals surface area contributed by atoms with E-state index < -0.39 is 12.4 Å². The number of aliphatic hydroxyl groups is 1. The van der Waals surface area contributed by atoms with Crippen molar-refractivity contribution in [1.82, 2.24) is 0 Å². The molecule has 3 nitrogen and oxygen atoms in total.